The Kier molecular flexibility index (Phi) is 3.99. The van der Waals surface area contributed by atoms with E-state index in [0.717, 1.165) is 25.7 Å². The van der Waals surface area contributed by atoms with Crippen molar-refractivity contribution in [1.82, 2.24) is 10.3 Å². The number of hydrogen-bond acceptors (Lipinski definition) is 3. The molecule has 0 aromatic carbocycles. The largest absolute Gasteiger partial charge is 0.397 e. The van der Waals surface area contributed by atoms with Crippen LogP contribution in [0.4, 0.5) is 5.69 Å². The van der Waals surface area contributed by atoms with Crippen LogP contribution in [-0.2, 0) is 0 Å². The molecule has 0 spiro atoms. The second-order valence-corrected chi connectivity index (χ2v) is 6.38. The lowest BCUT2D eigenvalue weighted by molar-refractivity contribution is 0.0909. The summed E-state index contributed by atoms with van der Waals surface area (Å²) < 4.78 is 0. The molecule has 1 aliphatic rings. The highest BCUT2D eigenvalue weighted by Gasteiger charge is 2.28. The number of amides is 1. The molecule has 0 unspecified atom stereocenters. The summed E-state index contributed by atoms with van der Waals surface area (Å²) in [5, 5.41) is 3.22. The Bertz CT molecular complexity index is 478. The highest BCUT2D eigenvalue weighted by molar-refractivity contribution is 6.32. The zero-order valence-electron chi connectivity index (χ0n) is 11.4. The van der Waals surface area contributed by atoms with Gasteiger partial charge in [-0.3, -0.25) is 4.79 Å². The van der Waals surface area contributed by atoms with Gasteiger partial charge in [0.25, 0.3) is 5.91 Å². The summed E-state index contributed by atoms with van der Waals surface area (Å²) >= 11 is 5.93. The fourth-order valence-electron chi connectivity index (χ4n) is 2.43. The molecule has 0 radical (unpaired) electrons. The maximum atomic E-state index is 12.2. The van der Waals surface area contributed by atoms with Crippen LogP contribution in [0.1, 0.15) is 49.9 Å². The van der Waals surface area contributed by atoms with Crippen LogP contribution in [0.25, 0.3) is 0 Å². The van der Waals surface area contributed by atoms with Crippen molar-refractivity contribution in [1.29, 1.82) is 0 Å². The minimum Gasteiger partial charge on any atom is -0.397 e. The first-order valence-electron chi connectivity index (χ1n) is 6.59. The van der Waals surface area contributed by atoms with E-state index in [4.69, 9.17) is 17.3 Å². The first-order chi connectivity index (χ1) is 8.87. The van der Waals surface area contributed by atoms with E-state index in [2.05, 4.69) is 24.1 Å². The van der Waals surface area contributed by atoms with E-state index < -0.39 is 0 Å². The third-order valence-electron chi connectivity index (χ3n) is 3.78. The molecule has 1 aromatic heterocycles. The molecule has 1 fully saturated rings. The van der Waals surface area contributed by atoms with Gasteiger partial charge in [0.05, 0.1) is 17.4 Å². The van der Waals surface area contributed by atoms with Crippen LogP contribution >= 0.6 is 11.6 Å². The summed E-state index contributed by atoms with van der Waals surface area (Å²) in [4.78, 5) is 16.1. The Morgan fingerprint density at radius 3 is 2.74 bits per heavy atom. The predicted molar refractivity (Wildman–Crippen MR) is 77.2 cm³/mol. The van der Waals surface area contributed by atoms with Gasteiger partial charge in [-0.05, 0) is 37.2 Å². The van der Waals surface area contributed by atoms with E-state index in [-0.39, 0.29) is 17.1 Å². The number of carbonyl (C=O) groups excluding carboxylic acids is 1. The number of pyridine rings is 1. The molecule has 1 heterocycles. The van der Waals surface area contributed by atoms with E-state index in [1.165, 1.54) is 6.20 Å². The van der Waals surface area contributed by atoms with Crippen molar-refractivity contribution >= 4 is 23.2 Å². The van der Waals surface area contributed by atoms with Crippen LogP contribution in [0.2, 0.25) is 5.15 Å². The second kappa shape index (κ2) is 5.37. The second-order valence-electron chi connectivity index (χ2n) is 6.02. The van der Waals surface area contributed by atoms with Crippen LogP contribution < -0.4 is 11.1 Å². The van der Waals surface area contributed by atoms with Crippen LogP contribution in [0.3, 0.4) is 0 Å². The molecule has 1 aromatic rings. The minimum atomic E-state index is -0.186. The van der Waals surface area contributed by atoms with Crippen LogP contribution in [0.5, 0.6) is 0 Å². The van der Waals surface area contributed by atoms with Crippen molar-refractivity contribution in [2.45, 2.75) is 45.6 Å². The monoisotopic (exact) mass is 281 g/mol. The van der Waals surface area contributed by atoms with E-state index in [9.17, 15) is 4.79 Å². The van der Waals surface area contributed by atoms with Gasteiger partial charge >= 0.3 is 0 Å². The third-order valence-corrected chi connectivity index (χ3v) is 4.08. The number of nitrogen functional groups attached to an aromatic ring is 1. The fourth-order valence-corrected chi connectivity index (χ4v) is 2.62. The summed E-state index contributed by atoms with van der Waals surface area (Å²) in [6, 6.07) is 1.79. The van der Waals surface area contributed by atoms with Gasteiger partial charge < -0.3 is 11.1 Å². The summed E-state index contributed by atoms with van der Waals surface area (Å²) in [5.74, 6) is -0.186. The Balaban J connectivity index is 2.00. The molecular formula is C14H20ClN3O. The Hall–Kier alpha value is -1.29. The topological polar surface area (TPSA) is 68.0 Å². The van der Waals surface area contributed by atoms with Crippen LogP contribution in [0.15, 0.2) is 12.3 Å². The van der Waals surface area contributed by atoms with Gasteiger partial charge in [-0.15, -0.1) is 0 Å². The van der Waals surface area contributed by atoms with Crippen molar-refractivity contribution in [2.75, 3.05) is 5.73 Å². The molecule has 2 rings (SSSR count). The van der Waals surface area contributed by atoms with Crippen molar-refractivity contribution in [3.8, 4) is 0 Å². The highest BCUT2D eigenvalue weighted by atomic mass is 35.5. The predicted octanol–water partition coefficient (Wildman–Crippen LogP) is 3.02. The average molecular weight is 282 g/mol. The molecule has 0 bridgehead atoms. The highest BCUT2D eigenvalue weighted by Crippen LogP contribution is 2.35. The lowest BCUT2D eigenvalue weighted by atomic mass is 9.75. The molecule has 1 amide bonds. The Morgan fingerprint density at radius 1 is 1.47 bits per heavy atom. The first-order valence-corrected chi connectivity index (χ1v) is 6.97. The molecule has 104 valence electrons. The normalized spacial score (nSPS) is 19.1. The maximum absolute atomic E-state index is 12.2. The molecule has 3 N–H and O–H groups in total. The number of halogens is 1. The Morgan fingerprint density at radius 2 is 2.11 bits per heavy atom. The van der Waals surface area contributed by atoms with Crippen molar-refractivity contribution < 1.29 is 4.79 Å². The first kappa shape index (κ1) is 14.1. The van der Waals surface area contributed by atoms with Gasteiger partial charge in [0.15, 0.2) is 0 Å². The fraction of sp³-hybridized carbons (Fsp3) is 0.571. The quantitative estimate of drug-likeness (QED) is 0.819. The Labute approximate surface area is 118 Å². The molecule has 0 aliphatic heterocycles. The average Bonchev–Trinajstić information content (AvgIpc) is 2.35. The standard InChI is InChI=1S/C14H20ClN3O/c1-14(2)5-3-10(4-6-14)18-13(19)11-7-9(16)8-17-12(11)15/h7-8,10H,3-6,16H2,1-2H3,(H,18,19). The van der Waals surface area contributed by atoms with E-state index in [1.54, 1.807) is 6.07 Å². The molecular weight excluding hydrogens is 262 g/mol. The number of nitrogens with zero attached hydrogens (tertiary/aromatic N) is 1. The number of nitrogens with one attached hydrogen (secondary N) is 1. The molecule has 19 heavy (non-hydrogen) atoms. The number of nitrogens with two attached hydrogens (primary N) is 1. The van der Waals surface area contributed by atoms with Gasteiger partial charge in [0.2, 0.25) is 0 Å². The summed E-state index contributed by atoms with van der Waals surface area (Å²) in [5.41, 5.74) is 6.82. The number of aromatic nitrogens is 1. The van der Waals surface area contributed by atoms with Crippen LogP contribution in [-0.4, -0.2) is 16.9 Å². The zero-order valence-corrected chi connectivity index (χ0v) is 12.1. The summed E-state index contributed by atoms with van der Waals surface area (Å²) in [7, 11) is 0. The van der Waals surface area contributed by atoms with Gasteiger partial charge in [0, 0.05) is 6.04 Å². The number of anilines is 1. The molecule has 1 aliphatic carbocycles. The van der Waals surface area contributed by atoms with E-state index in [0.29, 0.717) is 16.7 Å². The van der Waals surface area contributed by atoms with E-state index in [1.807, 2.05) is 0 Å². The van der Waals surface area contributed by atoms with Gasteiger partial charge in [-0.2, -0.15) is 0 Å². The third kappa shape index (κ3) is 3.60. The van der Waals surface area contributed by atoms with Gasteiger partial charge in [-0.25, -0.2) is 4.98 Å². The number of rotatable bonds is 2. The van der Waals surface area contributed by atoms with Crippen molar-refractivity contribution in [3.05, 3.63) is 23.0 Å². The van der Waals surface area contributed by atoms with Crippen molar-refractivity contribution in [3.63, 3.8) is 0 Å². The lowest BCUT2D eigenvalue weighted by Gasteiger charge is -2.34. The SMILES string of the molecule is CC1(C)CCC(NC(=O)c2cc(N)cnc2Cl)CC1. The van der Waals surface area contributed by atoms with Gasteiger partial charge in [-0.1, -0.05) is 25.4 Å². The van der Waals surface area contributed by atoms with E-state index >= 15 is 0 Å². The molecule has 0 saturated heterocycles. The van der Waals surface area contributed by atoms with Crippen molar-refractivity contribution in [2.24, 2.45) is 5.41 Å². The zero-order chi connectivity index (χ0) is 14.0. The maximum Gasteiger partial charge on any atom is 0.254 e. The molecule has 1 saturated carbocycles. The van der Waals surface area contributed by atoms with Gasteiger partial charge in [0.1, 0.15) is 5.15 Å². The minimum absolute atomic E-state index is 0.186. The summed E-state index contributed by atoms with van der Waals surface area (Å²) in [6.45, 7) is 4.54. The van der Waals surface area contributed by atoms with Crippen LogP contribution in [0, 0.1) is 5.41 Å². The smallest absolute Gasteiger partial charge is 0.254 e. The number of carbonyl (C=O) groups is 1. The summed E-state index contributed by atoms with van der Waals surface area (Å²) in [6.07, 6.45) is 5.71. The lowest BCUT2D eigenvalue weighted by Crippen LogP contribution is -2.39. The molecule has 0 atom stereocenters. The number of hydrogen-bond donors (Lipinski definition) is 2. The molecule has 4 nitrogen and oxygen atoms in total. The molecule has 5 heteroatoms.